The van der Waals surface area contributed by atoms with E-state index < -0.39 is 0 Å². The van der Waals surface area contributed by atoms with Crippen molar-refractivity contribution in [2.24, 2.45) is 0 Å². The van der Waals surface area contributed by atoms with Crippen LogP contribution in [-0.2, 0) is 17.8 Å². The monoisotopic (exact) mass is 382 g/mol. The summed E-state index contributed by atoms with van der Waals surface area (Å²) in [6.07, 6.45) is 0. The summed E-state index contributed by atoms with van der Waals surface area (Å²) >= 11 is 1.67. The quantitative estimate of drug-likeness (QED) is 0.692. The van der Waals surface area contributed by atoms with Crippen LogP contribution in [0.1, 0.15) is 10.6 Å². The van der Waals surface area contributed by atoms with Gasteiger partial charge in [0.25, 0.3) is 11.3 Å². The molecule has 2 N–H and O–H groups in total. The highest BCUT2D eigenvalue weighted by Gasteiger charge is 2.14. The van der Waals surface area contributed by atoms with Crippen LogP contribution in [0.3, 0.4) is 0 Å². The summed E-state index contributed by atoms with van der Waals surface area (Å²) in [5, 5.41) is 8.16. The number of rotatable bonds is 5. The zero-order chi connectivity index (χ0) is 16.4. The van der Waals surface area contributed by atoms with Crippen LogP contribution in [0.25, 0.3) is 5.78 Å². The summed E-state index contributed by atoms with van der Waals surface area (Å²) in [5.74, 6) is 0.927. The van der Waals surface area contributed by atoms with Crippen molar-refractivity contribution in [3.8, 4) is 0 Å². The molecule has 1 saturated heterocycles. The minimum atomic E-state index is -0.153. The molecule has 0 saturated carbocycles. The lowest BCUT2D eigenvalue weighted by Gasteiger charge is -2.25. The fourth-order valence-electron chi connectivity index (χ4n) is 2.66. The van der Waals surface area contributed by atoms with Crippen molar-refractivity contribution >= 4 is 35.5 Å². The van der Waals surface area contributed by atoms with Gasteiger partial charge in [-0.05, 0) is 11.4 Å². The third-order valence-electron chi connectivity index (χ3n) is 3.88. The predicted molar refractivity (Wildman–Crippen MR) is 98.6 cm³/mol. The molecule has 3 aromatic rings. The van der Waals surface area contributed by atoms with E-state index in [0.29, 0.717) is 24.8 Å². The second kappa shape index (κ2) is 7.96. The third kappa shape index (κ3) is 4.18. The van der Waals surface area contributed by atoms with Crippen LogP contribution in [-0.4, -0.2) is 50.8 Å². The fraction of sp³-hybridized carbons (Fsp3) is 0.400. The summed E-state index contributed by atoms with van der Waals surface area (Å²) in [6, 6.07) is 5.61. The van der Waals surface area contributed by atoms with E-state index in [9.17, 15) is 4.79 Å². The Bertz CT molecular complexity index is 872. The van der Waals surface area contributed by atoms with Crippen molar-refractivity contribution in [2.45, 2.75) is 13.1 Å². The van der Waals surface area contributed by atoms with E-state index in [1.165, 1.54) is 9.39 Å². The first-order valence-corrected chi connectivity index (χ1v) is 8.71. The van der Waals surface area contributed by atoms with Gasteiger partial charge in [0.1, 0.15) is 0 Å². The van der Waals surface area contributed by atoms with Crippen molar-refractivity contribution < 1.29 is 4.74 Å². The summed E-state index contributed by atoms with van der Waals surface area (Å²) < 4.78 is 6.70. The Kier molecular flexibility index (Phi) is 5.69. The number of halogens is 1. The van der Waals surface area contributed by atoms with E-state index in [4.69, 9.17) is 4.74 Å². The largest absolute Gasteiger partial charge is 0.379 e. The molecule has 0 spiro atoms. The molecule has 25 heavy (non-hydrogen) atoms. The lowest BCUT2D eigenvalue weighted by Crippen LogP contribution is -2.36. The summed E-state index contributed by atoms with van der Waals surface area (Å²) in [4.78, 5) is 24.6. The van der Waals surface area contributed by atoms with Crippen LogP contribution >= 0.6 is 23.7 Å². The second-order valence-electron chi connectivity index (χ2n) is 5.61. The molecular formula is C15H19ClN6O2S. The number of anilines is 1. The summed E-state index contributed by atoms with van der Waals surface area (Å²) in [6.45, 7) is 4.46. The van der Waals surface area contributed by atoms with E-state index in [0.717, 1.165) is 32.0 Å². The molecule has 3 aromatic heterocycles. The van der Waals surface area contributed by atoms with Crippen LogP contribution in [0, 0.1) is 0 Å². The molecule has 1 aliphatic heterocycles. The Labute approximate surface area is 154 Å². The van der Waals surface area contributed by atoms with Crippen molar-refractivity contribution in [2.75, 3.05) is 31.6 Å². The van der Waals surface area contributed by atoms with Gasteiger partial charge in [-0.15, -0.1) is 23.7 Å². The highest BCUT2D eigenvalue weighted by molar-refractivity contribution is 7.09. The second-order valence-corrected chi connectivity index (χ2v) is 6.65. The number of thiophene rings is 1. The number of fused-ring (bicyclic) bond motifs is 1. The van der Waals surface area contributed by atoms with Crippen LogP contribution in [0.15, 0.2) is 28.4 Å². The number of morpholine rings is 1. The maximum absolute atomic E-state index is 12.3. The van der Waals surface area contributed by atoms with Gasteiger partial charge >= 0.3 is 0 Å². The minimum Gasteiger partial charge on any atom is -0.379 e. The zero-order valence-corrected chi connectivity index (χ0v) is 15.1. The van der Waals surface area contributed by atoms with E-state index in [1.807, 2.05) is 17.5 Å². The summed E-state index contributed by atoms with van der Waals surface area (Å²) in [5.41, 5.74) is 0.582. The Morgan fingerprint density at radius 3 is 2.92 bits per heavy atom. The predicted octanol–water partition coefficient (Wildman–Crippen LogP) is 1.35. The Hall–Kier alpha value is -1.94. The lowest BCUT2D eigenvalue weighted by molar-refractivity contribution is 0.0336. The standard InChI is InChI=1S/C15H18N6O2S.ClH/c22-13-8-11(10-20-3-5-23-6-4-20)17-15-18-14(19-21(13)15)16-9-12-2-1-7-24-12;/h1-2,7-8H,3-6,9-10H2,(H2,16,17,18,19);1H. The molecule has 0 unspecified atom stereocenters. The van der Waals surface area contributed by atoms with Gasteiger partial charge < -0.3 is 10.1 Å². The first kappa shape index (κ1) is 17.9. The smallest absolute Gasteiger partial charge is 0.274 e. The van der Waals surface area contributed by atoms with E-state index in [-0.39, 0.29) is 18.0 Å². The normalized spacial score (nSPS) is 15.2. The minimum absolute atomic E-state index is 0. The van der Waals surface area contributed by atoms with E-state index >= 15 is 0 Å². The van der Waals surface area contributed by atoms with Crippen molar-refractivity contribution in [3.63, 3.8) is 0 Å². The fourth-order valence-corrected chi connectivity index (χ4v) is 3.30. The number of hydrogen-bond acceptors (Lipinski definition) is 7. The van der Waals surface area contributed by atoms with Gasteiger partial charge in [-0.2, -0.15) is 9.50 Å². The number of nitrogens with one attached hydrogen (secondary N) is 2. The van der Waals surface area contributed by atoms with E-state index in [1.54, 1.807) is 17.4 Å². The van der Waals surface area contributed by atoms with Crippen molar-refractivity contribution in [1.82, 2.24) is 24.5 Å². The molecule has 0 aliphatic carbocycles. The van der Waals surface area contributed by atoms with E-state index in [2.05, 4.69) is 25.3 Å². The zero-order valence-electron chi connectivity index (χ0n) is 13.5. The SMILES string of the molecule is Cl.O=c1cc(CN2CCOCC2)nc2nc(NCc3cccs3)[nH]n12. The Balaban J connectivity index is 0.00000182. The third-order valence-corrected chi connectivity index (χ3v) is 4.76. The molecule has 0 atom stereocenters. The molecule has 4 heterocycles. The van der Waals surface area contributed by atoms with Crippen LogP contribution in [0.5, 0.6) is 0 Å². The molecule has 0 amide bonds. The molecule has 10 heteroatoms. The molecule has 0 aromatic carbocycles. The molecule has 8 nitrogen and oxygen atoms in total. The number of ether oxygens (including phenoxy) is 1. The van der Waals surface area contributed by atoms with Gasteiger partial charge in [-0.25, -0.2) is 4.98 Å². The first-order valence-electron chi connectivity index (χ1n) is 7.83. The van der Waals surface area contributed by atoms with Crippen LogP contribution in [0.4, 0.5) is 5.95 Å². The number of aromatic nitrogens is 4. The molecule has 1 fully saturated rings. The lowest BCUT2D eigenvalue weighted by atomic mass is 10.3. The topological polar surface area (TPSA) is 87.6 Å². The first-order chi connectivity index (χ1) is 11.8. The molecule has 134 valence electrons. The average Bonchev–Trinajstić information content (AvgIpc) is 3.23. The van der Waals surface area contributed by atoms with Crippen molar-refractivity contribution in [1.29, 1.82) is 0 Å². The number of aromatic amines is 1. The van der Waals surface area contributed by atoms with Gasteiger partial charge in [-0.1, -0.05) is 6.07 Å². The van der Waals surface area contributed by atoms with Gasteiger partial charge in [0.15, 0.2) is 0 Å². The maximum Gasteiger partial charge on any atom is 0.274 e. The van der Waals surface area contributed by atoms with Gasteiger partial charge in [0, 0.05) is 30.6 Å². The Morgan fingerprint density at radius 1 is 1.32 bits per heavy atom. The number of H-pyrrole nitrogens is 1. The van der Waals surface area contributed by atoms with Crippen LogP contribution in [0.2, 0.25) is 0 Å². The highest BCUT2D eigenvalue weighted by atomic mass is 35.5. The Morgan fingerprint density at radius 2 is 2.16 bits per heavy atom. The molecule has 0 bridgehead atoms. The van der Waals surface area contributed by atoms with Gasteiger partial charge in [-0.3, -0.25) is 14.8 Å². The molecule has 4 rings (SSSR count). The highest BCUT2D eigenvalue weighted by Crippen LogP contribution is 2.11. The molecular weight excluding hydrogens is 364 g/mol. The maximum atomic E-state index is 12.3. The van der Waals surface area contributed by atoms with Gasteiger partial charge in [0.05, 0.1) is 25.5 Å². The molecule has 1 aliphatic rings. The average molecular weight is 383 g/mol. The number of hydrogen-bond donors (Lipinski definition) is 2. The molecule has 0 radical (unpaired) electrons. The number of nitrogens with zero attached hydrogens (tertiary/aromatic N) is 4. The summed E-state index contributed by atoms with van der Waals surface area (Å²) in [7, 11) is 0. The van der Waals surface area contributed by atoms with Gasteiger partial charge in [0.2, 0.25) is 5.95 Å². The van der Waals surface area contributed by atoms with Crippen LogP contribution < -0.4 is 10.9 Å². The van der Waals surface area contributed by atoms with Crippen molar-refractivity contribution in [3.05, 3.63) is 44.5 Å².